The van der Waals surface area contributed by atoms with Gasteiger partial charge in [-0.2, -0.15) is 8.42 Å². The van der Waals surface area contributed by atoms with Gasteiger partial charge in [0, 0.05) is 16.6 Å². The number of hydrogen-bond acceptors (Lipinski definition) is 5. The lowest BCUT2D eigenvalue weighted by Crippen LogP contribution is -2.13. The molecular weight excluding hydrogens is 356 g/mol. The van der Waals surface area contributed by atoms with Crippen LogP contribution in [0, 0.1) is 6.92 Å². The van der Waals surface area contributed by atoms with E-state index in [1.807, 2.05) is 0 Å². The fraction of sp³-hybridized carbons (Fsp3) is 0.0556. The molecule has 26 heavy (non-hydrogen) atoms. The number of carbonyl (C=O) groups excluding carboxylic acids is 1. The summed E-state index contributed by atoms with van der Waals surface area (Å²) in [4.78, 5) is 12.1. The number of nitrogens with two attached hydrogens (primary N) is 1. The molecule has 8 heteroatoms. The minimum atomic E-state index is -4.56. The number of amides is 1. The predicted octanol–water partition coefficient (Wildman–Crippen LogP) is 2.94. The topological polar surface area (TPSA) is 130 Å². The van der Waals surface area contributed by atoms with E-state index in [0.717, 1.165) is 5.56 Å². The van der Waals surface area contributed by atoms with Gasteiger partial charge in [-0.1, -0.05) is 24.3 Å². The molecule has 0 aromatic heterocycles. The fourth-order valence-electron chi connectivity index (χ4n) is 2.64. The Hall–Kier alpha value is -3.10. The molecule has 0 unspecified atom stereocenters. The molecular formula is C18H16N2O5S. The highest BCUT2D eigenvalue weighted by atomic mass is 32.2. The van der Waals surface area contributed by atoms with E-state index in [9.17, 15) is 22.9 Å². The van der Waals surface area contributed by atoms with Gasteiger partial charge in [-0.3, -0.25) is 9.35 Å². The number of fused-ring (bicyclic) bond motifs is 1. The van der Waals surface area contributed by atoms with Crippen LogP contribution in [0.5, 0.6) is 5.75 Å². The van der Waals surface area contributed by atoms with Gasteiger partial charge in [0.2, 0.25) is 0 Å². The van der Waals surface area contributed by atoms with Crippen LogP contribution in [0.15, 0.2) is 53.4 Å². The molecule has 5 N–H and O–H groups in total. The number of benzene rings is 3. The van der Waals surface area contributed by atoms with E-state index in [0.29, 0.717) is 11.1 Å². The third kappa shape index (κ3) is 3.19. The second kappa shape index (κ2) is 6.32. The van der Waals surface area contributed by atoms with Gasteiger partial charge in [0.25, 0.3) is 16.0 Å². The maximum atomic E-state index is 12.5. The number of phenolic OH excluding ortho intramolecular Hbond substituents is 1. The van der Waals surface area contributed by atoms with Gasteiger partial charge >= 0.3 is 0 Å². The van der Waals surface area contributed by atoms with Crippen molar-refractivity contribution in [2.45, 2.75) is 11.8 Å². The van der Waals surface area contributed by atoms with Crippen LogP contribution in [0.1, 0.15) is 15.9 Å². The molecule has 134 valence electrons. The van der Waals surface area contributed by atoms with Gasteiger partial charge < -0.3 is 16.2 Å². The monoisotopic (exact) mass is 372 g/mol. The molecule has 3 aromatic carbocycles. The van der Waals surface area contributed by atoms with Crippen molar-refractivity contribution in [2.24, 2.45) is 0 Å². The number of phenols is 1. The van der Waals surface area contributed by atoms with Crippen molar-refractivity contribution in [3.63, 3.8) is 0 Å². The summed E-state index contributed by atoms with van der Waals surface area (Å²) in [6.45, 7) is 1.80. The second-order valence-electron chi connectivity index (χ2n) is 5.81. The van der Waals surface area contributed by atoms with Crippen molar-refractivity contribution in [2.75, 3.05) is 11.1 Å². The first-order valence-corrected chi connectivity index (χ1v) is 9.02. The maximum absolute atomic E-state index is 12.5. The van der Waals surface area contributed by atoms with Gasteiger partial charge in [0.1, 0.15) is 10.6 Å². The van der Waals surface area contributed by atoms with Crippen LogP contribution in [0.2, 0.25) is 0 Å². The molecule has 0 aliphatic heterocycles. The normalized spacial score (nSPS) is 11.5. The molecule has 7 nitrogen and oxygen atoms in total. The van der Waals surface area contributed by atoms with Crippen LogP contribution in [0.25, 0.3) is 10.8 Å². The predicted molar refractivity (Wildman–Crippen MR) is 99.0 cm³/mol. The number of nitrogen functional groups attached to an aromatic ring is 1. The minimum Gasteiger partial charge on any atom is -0.506 e. The molecule has 0 aliphatic carbocycles. The van der Waals surface area contributed by atoms with Gasteiger partial charge in [0.05, 0.1) is 5.69 Å². The van der Waals surface area contributed by atoms with Crippen molar-refractivity contribution in [3.05, 3.63) is 59.7 Å². The lowest BCUT2D eigenvalue weighted by molar-refractivity contribution is 0.102. The first-order valence-electron chi connectivity index (χ1n) is 7.58. The van der Waals surface area contributed by atoms with Crippen molar-refractivity contribution >= 4 is 38.2 Å². The molecule has 0 atom stereocenters. The molecule has 0 saturated heterocycles. The molecule has 0 saturated carbocycles. The number of aryl methyl sites for hydroxylation is 1. The van der Waals surface area contributed by atoms with E-state index < -0.39 is 20.9 Å². The second-order valence-corrected chi connectivity index (χ2v) is 7.20. The number of rotatable bonds is 3. The lowest BCUT2D eigenvalue weighted by atomic mass is 10.1. The summed E-state index contributed by atoms with van der Waals surface area (Å²) in [5.74, 6) is -0.910. The van der Waals surface area contributed by atoms with E-state index in [1.165, 1.54) is 30.3 Å². The maximum Gasteiger partial charge on any atom is 0.295 e. The average molecular weight is 372 g/mol. The smallest absolute Gasteiger partial charge is 0.295 e. The largest absolute Gasteiger partial charge is 0.506 e. The standard InChI is InChI=1S/C18H16N2O5S/c1-10-5-6-12(9-13(10)19)18(22)20-17-14(21)8-7-11-3-2-4-15(16(11)17)26(23,24)25/h2-9,21H,19H2,1H3,(H,20,22)(H,23,24,25). The zero-order valence-corrected chi connectivity index (χ0v) is 14.5. The Bertz CT molecular complexity index is 1140. The summed E-state index contributed by atoms with van der Waals surface area (Å²) >= 11 is 0. The molecule has 3 rings (SSSR count). The summed E-state index contributed by atoms with van der Waals surface area (Å²) < 4.78 is 32.9. The minimum absolute atomic E-state index is 0.0171. The number of hydrogen-bond donors (Lipinski definition) is 4. The third-order valence-corrected chi connectivity index (χ3v) is 4.94. The SMILES string of the molecule is Cc1ccc(C(=O)Nc2c(O)ccc3cccc(S(=O)(=O)O)c23)cc1N. The zero-order chi connectivity index (χ0) is 19.1. The first kappa shape index (κ1) is 17.7. The Morgan fingerprint density at radius 3 is 2.50 bits per heavy atom. The highest BCUT2D eigenvalue weighted by molar-refractivity contribution is 7.86. The van der Waals surface area contributed by atoms with Gasteiger partial charge in [-0.25, -0.2) is 0 Å². The summed E-state index contributed by atoms with van der Waals surface area (Å²) in [6, 6.07) is 11.8. The number of nitrogens with one attached hydrogen (secondary N) is 1. The molecule has 0 fully saturated rings. The number of carbonyl (C=O) groups is 1. The quantitative estimate of drug-likeness (QED) is 0.318. The molecule has 1 amide bonds. The van der Waals surface area contributed by atoms with Crippen molar-refractivity contribution in [1.29, 1.82) is 0 Å². The lowest BCUT2D eigenvalue weighted by Gasteiger charge is -2.13. The van der Waals surface area contributed by atoms with Crippen LogP contribution in [0.4, 0.5) is 11.4 Å². The van der Waals surface area contributed by atoms with Crippen LogP contribution in [0.3, 0.4) is 0 Å². The number of aromatic hydroxyl groups is 1. The van der Waals surface area contributed by atoms with Crippen molar-refractivity contribution in [3.8, 4) is 5.75 Å². The van der Waals surface area contributed by atoms with Crippen LogP contribution in [-0.4, -0.2) is 24.0 Å². The van der Waals surface area contributed by atoms with Crippen LogP contribution in [-0.2, 0) is 10.1 Å². The Balaban J connectivity index is 2.17. The zero-order valence-electron chi connectivity index (χ0n) is 13.7. The van der Waals surface area contributed by atoms with Crippen LogP contribution >= 0.6 is 0 Å². The molecule has 0 spiro atoms. The summed E-state index contributed by atoms with van der Waals surface area (Å²) in [5, 5.41) is 13.1. The van der Waals surface area contributed by atoms with E-state index in [-0.39, 0.29) is 22.4 Å². The Kier molecular flexibility index (Phi) is 4.31. The van der Waals surface area contributed by atoms with E-state index >= 15 is 0 Å². The highest BCUT2D eigenvalue weighted by Crippen LogP contribution is 2.37. The third-order valence-electron chi connectivity index (χ3n) is 4.04. The van der Waals surface area contributed by atoms with Crippen molar-refractivity contribution < 1.29 is 22.9 Å². The molecule has 0 bridgehead atoms. The number of anilines is 2. The first-order chi connectivity index (χ1) is 12.2. The molecule has 0 aliphatic rings. The Labute approximate surface area is 149 Å². The Morgan fingerprint density at radius 2 is 1.85 bits per heavy atom. The Morgan fingerprint density at radius 1 is 1.12 bits per heavy atom. The summed E-state index contributed by atoms with van der Waals surface area (Å²) in [6.07, 6.45) is 0. The molecule has 0 radical (unpaired) electrons. The molecule has 0 heterocycles. The van der Waals surface area contributed by atoms with E-state index in [2.05, 4.69) is 5.32 Å². The van der Waals surface area contributed by atoms with Gasteiger partial charge in [0.15, 0.2) is 0 Å². The summed E-state index contributed by atoms with van der Waals surface area (Å²) in [7, 11) is -4.56. The fourth-order valence-corrected chi connectivity index (χ4v) is 3.37. The highest BCUT2D eigenvalue weighted by Gasteiger charge is 2.20. The average Bonchev–Trinajstić information content (AvgIpc) is 2.58. The van der Waals surface area contributed by atoms with Gasteiger partial charge in [-0.15, -0.1) is 0 Å². The van der Waals surface area contributed by atoms with Gasteiger partial charge in [-0.05, 0) is 42.1 Å². The van der Waals surface area contributed by atoms with Crippen molar-refractivity contribution in [1.82, 2.24) is 0 Å². The van der Waals surface area contributed by atoms with E-state index in [4.69, 9.17) is 5.73 Å². The molecule has 3 aromatic rings. The van der Waals surface area contributed by atoms with Crippen LogP contribution < -0.4 is 11.1 Å². The van der Waals surface area contributed by atoms with E-state index in [1.54, 1.807) is 25.1 Å². The summed E-state index contributed by atoms with van der Waals surface area (Å²) in [5.41, 5.74) is 7.18.